The van der Waals surface area contributed by atoms with E-state index in [0.29, 0.717) is 6.42 Å². The molecule has 4 heteroatoms. The van der Waals surface area contributed by atoms with E-state index in [9.17, 15) is 14.7 Å². The second kappa shape index (κ2) is 5.37. The predicted octanol–water partition coefficient (Wildman–Crippen LogP) is 3.78. The van der Waals surface area contributed by atoms with Crippen LogP contribution in [-0.2, 0) is 9.59 Å². The standard InChI is InChI=1S/C17H14O3S/c1-10(17(19)20)14-4-2-3-12-6-5-11-7-8-13(18)9-15(11)21-16(12)14/h2-8,10H,9H2,1H3,(H,19,20). The van der Waals surface area contributed by atoms with Crippen molar-refractivity contribution in [1.82, 2.24) is 0 Å². The van der Waals surface area contributed by atoms with E-state index in [4.69, 9.17) is 0 Å². The van der Waals surface area contributed by atoms with E-state index in [2.05, 4.69) is 0 Å². The van der Waals surface area contributed by atoms with E-state index >= 15 is 0 Å². The quantitative estimate of drug-likeness (QED) is 0.903. The molecule has 3 rings (SSSR count). The number of hydrogen-bond acceptors (Lipinski definition) is 3. The summed E-state index contributed by atoms with van der Waals surface area (Å²) in [4.78, 5) is 24.8. The maximum absolute atomic E-state index is 11.6. The fourth-order valence-corrected chi connectivity index (χ4v) is 3.77. The molecule has 1 N–H and O–H groups in total. The summed E-state index contributed by atoms with van der Waals surface area (Å²) in [6, 6.07) is 5.70. The van der Waals surface area contributed by atoms with Gasteiger partial charge in [0.2, 0.25) is 0 Å². The number of thioether (sulfide) groups is 1. The van der Waals surface area contributed by atoms with Crippen molar-refractivity contribution in [2.45, 2.75) is 24.2 Å². The molecular weight excluding hydrogens is 284 g/mol. The predicted molar refractivity (Wildman–Crippen MR) is 83.2 cm³/mol. The van der Waals surface area contributed by atoms with Crippen LogP contribution in [-0.4, -0.2) is 16.9 Å². The molecule has 3 nitrogen and oxygen atoms in total. The molecule has 1 unspecified atom stereocenters. The van der Waals surface area contributed by atoms with Gasteiger partial charge in [-0.2, -0.15) is 0 Å². The molecule has 0 fully saturated rings. The van der Waals surface area contributed by atoms with Crippen LogP contribution in [0.4, 0.5) is 0 Å². The lowest BCUT2D eigenvalue weighted by molar-refractivity contribution is -0.138. The fourth-order valence-electron chi connectivity index (χ4n) is 2.44. The van der Waals surface area contributed by atoms with Crippen molar-refractivity contribution < 1.29 is 14.7 Å². The highest BCUT2D eigenvalue weighted by Crippen LogP contribution is 2.43. The van der Waals surface area contributed by atoms with Crippen LogP contribution in [0.3, 0.4) is 0 Å². The van der Waals surface area contributed by atoms with Gasteiger partial charge in [-0.3, -0.25) is 9.59 Å². The SMILES string of the molecule is CC(C(=O)O)c1cccc2c1SC1=C(C=CC(=O)C1)C=C2. The summed E-state index contributed by atoms with van der Waals surface area (Å²) in [5.74, 6) is -1.33. The lowest BCUT2D eigenvalue weighted by atomic mass is 9.98. The second-order valence-electron chi connectivity index (χ2n) is 5.12. The minimum Gasteiger partial charge on any atom is -0.481 e. The Balaban J connectivity index is 2.10. The minimum absolute atomic E-state index is 0.0851. The van der Waals surface area contributed by atoms with Crippen molar-refractivity contribution in [2.75, 3.05) is 0 Å². The highest BCUT2D eigenvalue weighted by molar-refractivity contribution is 8.03. The van der Waals surface area contributed by atoms with Gasteiger partial charge >= 0.3 is 5.97 Å². The molecule has 1 heterocycles. The largest absolute Gasteiger partial charge is 0.481 e. The van der Waals surface area contributed by atoms with Gasteiger partial charge in [-0.1, -0.05) is 48.2 Å². The third-order valence-electron chi connectivity index (χ3n) is 3.69. The molecule has 0 radical (unpaired) electrons. The highest BCUT2D eigenvalue weighted by atomic mass is 32.2. The first-order valence-corrected chi connectivity index (χ1v) is 7.53. The van der Waals surface area contributed by atoms with E-state index in [1.807, 2.05) is 36.4 Å². The lowest BCUT2D eigenvalue weighted by Crippen LogP contribution is -2.09. The lowest BCUT2D eigenvalue weighted by Gasteiger charge is -2.17. The Morgan fingerprint density at radius 1 is 1.24 bits per heavy atom. The Kier molecular flexibility index (Phi) is 3.55. The van der Waals surface area contributed by atoms with Crippen molar-refractivity contribution >= 4 is 29.6 Å². The number of aliphatic carboxylic acids is 1. The number of carboxylic acid groups (broad SMARTS) is 1. The van der Waals surface area contributed by atoms with Gasteiger partial charge in [0.25, 0.3) is 0 Å². The molecule has 1 aromatic carbocycles. The fraction of sp³-hybridized carbons (Fsp3) is 0.176. The van der Waals surface area contributed by atoms with E-state index < -0.39 is 11.9 Å². The number of fused-ring (bicyclic) bond motifs is 1. The van der Waals surface area contributed by atoms with Crippen molar-refractivity contribution in [2.24, 2.45) is 0 Å². The van der Waals surface area contributed by atoms with Crippen molar-refractivity contribution in [3.05, 3.63) is 58.0 Å². The Hall–Kier alpha value is -2.07. The number of rotatable bonds is 2. The van der Waals surface area contributed by atoms with Gasteiger partial charge in [0.05, 0.1) is 5.92 Å². The number of ketones is 1. The first-order chi connectivity index (χ1) is 10.1. The topological polar surface area (TPSA) is 54.4 Å². The summed E-state index contributed by atoms with van der Waals surface area (Å²) < 4.78 is 0. The van der Waals surface area contributed by atoms with E-state index in [1.165, 1.54) is 11.8 Å². The summed E-state index contributed by atoms with van der Waals surface area (Å²) in [6.07, 6.45) is 7.79. The summed E-state index contributed by atoms with van der Waals surface area (Å²) in [6.45, 7) is 1.69. The average Bonchev–Trinajstić information content (AvgIpc) is 2.64. The van der Waals surface area contributed by atoms with Crippen LogP contribution in [0.2, 0.25) is 0 Å². The first kappa shape index (κ1) is 13.9. The van der Waals surface area contributed by atoms with Gasteiger partial charge < -0.3 is 5.11 Å². The molecule has 0 saturated heterocycles. The Labute approximate surface area is 127 Å². The van der Waals surface area contributed by atoms with E-state index in [0.717, 1.165) is 26.5 Å². The minimum atomic E-state index is -0.842. The average molecular weight is 298 g/mol. The molecule has 0 bridgehead atoms. The van der Waals surface area contributed by atoms with E-state index in [1.54, 1.807) is 13.0 Å². The Bertz CT molecular complexity index is 726. The van der Waals surface area contributed by atoms with Gasteiger partial charge in [0, 0.05) is 16.2 Å². The zero-order valence-corrected chi connectivity index (χ0v) is 12.3. The molecule has 0 amide bonds. The maximum atomic E-state index is 11.6. The summed E-state index contributed by atoms with van der Waals surface area (Å²) >= 11 is 1.52. The third-order valence-corrected chi connectivity index (χ3v) is 4.99. The molecule has 0 aromatic heterocycles. The molecule has 0 saturated carbocycles. The van der Waals surface area contributed by atoms with Crippen LogP contribution in [0, 0.1) is 0 Å². The third kappa shape index (κ3) is 2.59. The number of carbonyl (C=O) groups excluding carboxylic acids is 1. The highest BCUT2D eigenvalue weighted by Gasteiger charge is 2.23. The number of hydrogen-bond donors (Lipinski definition) is 1. The zero-order valence-electron chi connectivity index (χ0n) is 11.5. The van der Waals surface area contributed by atoms with Gasteiger partial charge in [-0.15, -0.1) is 0 Å². The monoisotopic (exact) mass is 298 g/mol. The molecule has 0 spiro atoms. The van der Waals surface area contributed by atoms with Crippen molar-refractivity contribution in [3.63, 3.8) is 0 Å². The van der Waals surface area contributed by atoms with Crippen LogP contribution >= 0.6 is 11.8 Å². The number of benzene rings is 1. The number of carboxylic acids is 1. The van der Waals surface area contributed by atoms with Crippen LogP contribution in [0.15, 0.2) is 51.8 Å². The number of allylic oxidation sites excluding steroid dienone is 5. The zero-order chi connectivity index (χ0) is 15.0. The summed E-state index contributed by atoms with van der Waals surface area (Å²) in [5, 5.41) is 9.28. The summed E-state index contributed by atoms with van der Waals surface area (Å²) in [7, 11) is 0. The molecular formula is C17H14O3S. The molecule has 1 aromatic rings. The maximum Gasteiger partial charge on any atom is 0.310 e. The van der Waals surface area contributed by atoms with Gasteiger partial charge in [0.1, 0.15) is 0 Å². The normalized spacial score (nSPS) is 18.0. The number of carbonyl (C=O) groups is 2. The van der Waals surface area contributed by atoms with Crippen LogP contribution < -0.4 is 0 Å². The molecule has 2 aliphatic rings. The van der Waals surface area contributed by atoms with Crippen molar-refractivity contribution in [1.29, 1.82) is 0 Å². The van der Waals surface area contributed by atoms with Crippen molar-refractivity contribution in [3.8, 4) is 0 Å². The molecule has 1 aliphatic heterocycles. The van der Waals surface area contributed by atoms with Gasteiger partial charge in [-0.25, -0.2) is 0 Å². The van der Waals surface area contributed by atoms with Crippen LogP contribution in [0.1, 0.15) is 30.4 Å². The smallest absolute Gasteiger partial charge is 0.310 e. The molecule has 1 aliphatic carbocycles. The van der Waals surface area contributed by atoms with Crippen LogP contribution in [0.25, 0.3) is 6.08 Å². The van der Waals surface area contributed by atoms with Crippen LogP contribution in [0.5, 0.6) is 0 Å². The molecule has 1 atom stereocenters. The Morgan fingerprint density at radius 3 is 2.76 bits per heavy atom. The Morgan fingerprint density at radius 2 is 2.00 bits per heavy atom. The first-order valence-electron chi connectivity index (χ1n) is 6.72. The molecule has 21 heavy (non-hydrogen) atoms. The van der Waals surface area contributed by atoms with Gasteiger partial charge in [-0.05, 0) is 29.7 Å². The van der Waals surface area contributed by atoms with Gasteiger partial charge in [0.15, 0.2) is 5.78 Å². The molecule has 106 valence electrons. The second-order valence-corrected chi connectivity index (χ2v) is 6.22. The van der Waals surface area contributed by atoms with E-state index in [-0.39, 0.29) is 5.78 Å². The summed E-state index contributed by atoms with van der Waals surface area (Å²) in [5.41, 5.74) is 2.83.